The van der Waals surface area contributed by atoms with E-state index in [9.17, 15) is 0 Å². The first kappa shape index (κ1) is 35.2. The maximum absolute atomic E-state index is 6.79. The van der Waals surface area contributed by atoms with E-state index in [2.05, 4.69) is 167 Å². The molecule has 7 heteroatoms. The van der Waals surface area contributed by atoms with Gasteiger partial charge in [-0.15, -0.1) is 11.3 Å². The topological polar surface area (TPSA) is 61.7 Å². The van der Waals surface area contributed by atoms with Gasteiger partial charge in [0.15, 0.2) is 17.5 Å². The molecule has 0 amide bonds. The van der Waals surface area contributed by atoms with E-state index in [-0.39, 0.29) is 0 Å². The average molecular weight is 836 g/mol. The summed E-state index contributed by atoms with van der Waals surface area (Å²) in [5, 5.41) is 9.19. The molecule has 298 valence electrons. The van der Waals surface area contributed by atoms with Crippen LogP contribution in [0.4, 0.5) is 0 Å². The smallest absolute Gasteiger partial charge is 0.165 e. The Kier molecular flexibility index (Phi) is 7.46. The third kappa shape index (κ3) is 5.16. The fourth-order valence-corrected chi connectivity index (χ4v) is 11.1. The molecular formula is C57H33N5OS. The molecule has 14 rings (SSSR count). The van der Waals surface area contributed by atoms with Crippen molar-refractivity contribution in [2.75, 3.05) is 0 Å². The highest BCUT2D eigenvalue weighted by molar-refractivity contribution is 7.26. The molecule has 6 nitrogen and oxygen atoms in total. The number of nitrogens with zero attached hydrogens (tertiary/aromatic N) is 5. The van der Waals surface area contributed by atoms with Gasteiger partial charge in [-0.05, 0) is 66.7 Å². The SMILES string of the molecule is c1ccc(-c2nc(-c3ccccc3)nc(-c3cc(-n4c5ccccc5c5cc6c7ccccc7n(-c7ccccc7)c6cc54)cc4c3sc3ccc5c6ccccc6oc5c34)n2)cc1. The Morgan fingerprint density at radius 3 is 1.58 bits per heavy atom. The normalized spacial score (nSPS) is 12.1. The maximum Gasteiger partial charge on any atom is 0.165 e. The number of thiophene rings is 1. The number of benzene rings is 9. The summed E-state index contributed by atoms with van der Waals surface area (Å²) in [7, 11) is 0. The van der Waals surface area contributed by atoms with Crippen LogP contribution in [0.5, 0.6) is 0 Å². The van der Waals surface area contributed by atoms with Gasteiger partial charge in [-0.2, -0.15) is 0 Å². The van der Waals surface area contributed by atoms with Crippen LogP contribution in [-0.4, -0.2) is 24.1 Å². The second kappa shape index (κ2) is 13.6. The summed E-state index contributed by atoms with van der Waals surface area (Å²) in [4.78, 5) is 15.7. The van der Waals surface area contributed by atoms with Crippen LogP contribution in [0.25, 0.3) is 131 Å². The van der Waals surface area contributed by atoms with Crippen LogP contribution >= 0.6 is 11.3 Å². The second-order valence-electron chi connectivity index (χ2n) is 16.4. The van der Waals surface area contributed by atoms with Gasteiger partial charge in [0.25, 0.3) is 0 Å². The van der Waals surface area contributed by atoms with Gasteiger partial charge >= 0.3 is 0 Å². The van der Waals surface area contributed by atoms with Crippen LogP contribution in [0.1, 0.15) is 0 Å². The van der Waals surface area contributed by atoms with Crippen molar-refractivity contribution in [2.24, 2.45) is 0 Å². The lowest BCUT2D eigenvalue weighted by atomic mass is 10.0. The lowest BCUT2D eigenvalue weighted by molar-refractivity contribution is 0.673. The molecule has 0 atom stereocenters. The minimum atomic E-state index is 0.610. The van der Waals surface area contributed by atoms with Crippen molar-refractivity contribution in [3.8, 4) is 45.5 Å². The molecule has 0 bridgehead atoms. The first-order chi connectivity index (χ1) is 31.7. The molecule has 0 radical (unpaired) electrons. The van der Waals surface area contributed by atoms with Gasteiger partial charge in [0.2, 0.25) is 0 Å². The minimum absolute atomic E-state index is 0.610. The molecule has 0 saturated heterocycles. The Morgan fingerprint density at radius 1 is 0.375 bits per heavy atom. The first-order valence-corrected chi connectivity index (χ1v) is 22.3. The minimum Gasteiger partial charge on any atom is -0.455 e. The zero-order chi connectivity index (χ0) is 41.9. The van der Waals surface area contributed by atoms with E-state index in [1.165, 1.54) is 27.1 Å². The van der Waals surface area contributed by atoms with E-state index >= 15 is 0 Å². The number of hydrogen-bond donors (Lipinski definition) is 0. The maximum atomic E-state index is 6.79. The summed E-state index contributed by atoms with van der Waals surface area (Å²) in [5.74, 6) is 1.85. The number of hydrogen-bond acceptors (Lipinski definition) is 5. The Hall–Kier alpha value is -8.39. The number of aromatic nitrogens is 5. The van der Waals surface area contributed by atoms with Crippen molar-refractivity contribution in [3.05, 3.63) is 200 Å². The highest BCUT2D eigenvalue weighted by Gasteiger charge is 2.24. The van der Waals surface area contributed by atoms with Gasteiger partial charge in [0.1, 0.15) is 11.2 Å². The number of para-hydroxylation sites is 4. The largest absolute Gasteiger partial charge is 0.455 e. The quantitative estimate of drug-likeness (QED) is 0.173. The predicted molar refractivity (Wildman–Crippen MR) is 265 cm³/mol. The molecule has 5 heterocycles. The van der Waals surface area contributed by atoms with Crippen molar-refractivity contribution < 1.29 is 4.42 Å². The van der Waals surface area contributed by atoms with Gasteiger partial charge in [0.05, 0.1) is 22.1 Å². The zero-order valence-corrected chi connectivity index (χ0v) is 34.9. The lowest BCUT2D eigenvalue weighted by Crippen LogP contribution is -2.01. The monoisotopic (exact) mass is 835 g/mol. The summed E-state index contributed by atoms with van der Waals surface area (Å²) in [6, 6.07) is 70.7. The Labute approximate surface area is 369 Å². The predicted octanol–water partition coefficient (Wildman–Crippen LogP) is 15.3. The average Bonchev–Trinajstić information content (AvgIpc) is 4.11. The fourth-order valence-electron chi connectivity index (χ4n) is 9.92. The molecule has 9 aromatic carbocycles. The molecule has 0 saturated carbocycles. The van der Waals surface area contributed by atoms with E-state index in [1.54, 1.807) is 11.3 Å². The van der Waals surface area contributed by atoms with Gasteiger partial charge in [-0.25, -0.2) is 15.0 Å². The molecule has 64 heavy (non-hydrogen) atoms. The molecular weight excluding hydrogens is 803 g/mol. The summed E-state index contributed by atoms with van der Waals surface area (Å²) in [5.41, 5.74) is 11.2. The summed E-state index contributed by atoms with van der Waals surface area (Å²) < 4.78 is 13.8. The number of fused-ring (bicyclic) bond motifs is 13. The van der Waals surface area contributed by atoms with E-state index in [1.807, 2.05) is 42.5 Å². The van der Waals surface area contributed by atoms with Crippen molar-refractivity contribution in [3.63, 3.8) is 0 Å². The Bertz CT molecular complexity index is 4130. The number of furan rings is 1. The fraction of sp³-hybridized carbons (Fsp3) is 0. The molecule has 0 aliphatic carbocycles. The Balaban J connectivity index is 1.13. The van der Waals surface area contributed by atoms with Crippen molar-refractivity contribution >= 4 is 97.1 Å². The van der Waals surface area contributed by atoms with Gasteiger partial charge in [-0.3, -0.25) is 0 Å². The van der Waals surface area contributed by atoms with Crippen molar-refractivity contribution in [2.45, 2.75) is 0 Å². The lowest BCUT2D eigenvalue weighted by Gasteiger charge is -2.13. The van der Waals surface area contributed by atoms with Crippen LogP contribution in [0.2, 0.25) is 0 Å². The van der Waals surface area contributed by atoms with Crippen LogP contribution in [0.3, 0.4) is 0 Å². The van der Waals surface area contributed by atoms with Crippen molar-refractivity contribution in [1.29, 1.82) is 0 Å². The van der Waals surface area contributed by atoms with Crippen LogP contribution in [-0.2, 0) is 0 Å². The highest BCUT2D eigenvalue weighted by atomic mass is 32.1. The molecule has 14 aromatic rings. The van der Waals surface area contributed by atoms with E-state index in [0.29, 0.717) is 17.5 Å². The molecule has 0 aliphatic rings. The van der Waals surface area contributed by atoms with Crippen LogP contribution < -0.4 is 0 Å². The molecule has 0 unspecified atom stereocenters. The van der Waals surface area contributed by atoms with E-state index < -0.39 is 0 Å². The van der Waals surface area contributed by atoms with Crippen molar-refractivity contribution in [1.82, 2.24) is 24.1 Å². The van der Waals surface area contributed by atoms with E-state index in [0.717, 1.165) is 86.7 Å². The number of rotatable bonds is 5. The highest BCUT2D eigenvalue weighted by Crippen LogP contribution is 2.47. The zero-order valence-electron chi connectivity index (χ0n) is 34.1. The van der Waals surface area contributed by atoms with Crippen LogP contribution in [0, 0.1) is 0 Å². The molecule has 0 aliphatic heterocycles. The van der Waals surface area contributed by atoms with E-state index in [4.69, 9.17) is 19.4 Å². The standard InChI is InChI=1S/C57H33N5OS/c1-4-16-34(17-5-1)55-58-56(35-18-6-2-7-19-35)60-57(59-55)45-31-37(30-44-52-51(64-54(44)45)29-28-41-40-24-12-15-27-50(40)63-53(41)52)62-47-26-14-11-23-39(47)43-32-42-38-22-10-13-25-46(38)61(48(42)33-49(43)62)36-20-8-3-9-21-36/h1-33H. The Morgan fingerprint density at radius 2 is 0.922 bits per heavy atom. The van der Waals surface area contributed by atoms with Crippen LogP contribution in [0.15, 0.2) is 205 Å². The molecule has 5 aromatic heterocycles. The van der Waals surface area contributed by atoms with Gasteiger partial charge < -0.3 is 13.6 Å². The van der Waals surface area contributed by atoms with Gasteiger partial charge in [-0.1, -0.05) is 133 Å². The summed E-state index contributed by atoms with van der Waals surface area (Å²) in [6.45, 7) is 0. The first-order valence-electron chi connectivity index (χ1n) is 21.4. The molecule has 0 fully saturated rings. The van der Waals surface area contributed by atoms with Gasteiger partial charge in [0, 0.05) is 80.6 Å². The molecule has 0 spiro atoms. The third-order valence-electron chi connectivity index (χ3n) is 12.7. The summed E-state index contributed by atoms with van der Waals surface area (Å²) >= 11 is 1.76. The summed E-state index contributed by atoms with van der Waals surface area (Å²) in [6.07, 6.45) is 0. The second-order valence-corrected chi connectivity index (χ2v) is 17.4. The third-order valence-corrected chi connectivity index (χ3v) is 13.9. The molecule has 0 N–H and O–H groups in total.